The molecule has 4 rings (SSSR count). The number of imidazole rings is 1. The van der Waals surface area contributed by atoms with E-state index in [0.717, 1.165) is 0 Å². The molecule has 0 aliphatic carbocycles. The minimum atomic E-state index is -0.433. The number of rotatable bonds is 5. The van der Waals surface area contributed by atoms with E-state index in [1.165, 1.54) is 24.5 Å². The van der Waals surface area contributed by atoms with Crippen LogP contribution in [0.1, 0.15) is 17.4 Å². The highest BCUT2D eigenvalue weighted by molar-refractivity contribution is 6.04. The standard InChI is InChI=1S/C20H16FN5O2/c1-2-28-17-11-15(22-12-23-17)20(27)25-19-18(13-6-8-14(21)9-7-13)24-16-5-3-4-10-26(16)19/h3-12H,2H2,1H3,(H,25,27). The monoisotopic (exact) mass is 377 g/mol. The number of carbonyl (C=O) groups is 1. The van der Waals surface area contributed by atoms with Gasteiger partial charge < -0.3 is 10.1 Å². The molecule has 0 aliphatic heterocycles. The highest BCUT2D eigenvalue weighted by atomic mass is 19.1. The number of fused-ring (bicyclic) bond motifs is 1. The molecule has 0 aliphatic rings. The van der Waals surface area contributed by atoms with Crippen LogP contribution < -0.4 is 10.1 Å². The summed E-state index contributed by atoms with van der Waals surface area (Å²) in [5, 5.41) is 2.85. The fourth-order valence-electron chi connectivity index (χ4n) is 2.79. The fourth-order valence-corrected chi connectivity index (χ4v) is 2.79. The van der Waals surface area contributed by atoms with Crippen molar-refractivity contribution in [1.29, 1.82) is 0 Å². The van der Waals surface area contributed by atoms with Gasteiger partial charge in [0.25, 0.3) is 5.91 Å². The summed E-state index contributed by atoms with van der Waals surface area (Å²) in [5.41, 5.74) is 2.01. The second kappa shape index (κ2) is 7.43. The number of nitrogens with one attached hydrogen (secondary N) is 1. The molecule has 3 aromatic heterocycles. The SMILES string of the molecule is CCOc1cc(C(=O)Nc2c(-c3ccc(F)cc3)nc3ccccn23)ncn1. The van der Waals surface area contributed by atoms with E-state index in [0.29, 0.717) is 35.2 Å². The number of nitrogens with zero attached hydrogens (tertiary/aromatic N) is 4. The number of halogens is 1. The third-order valence-electron chi connectivity index (χ3n) is 4.05. The maximum atomic E-state index is 13.3. The van der Waals surface area contributed by atoms with Crippen molar-refractivity contribution in [2.75, 3.05) is 11.9 Å². The van der Waals surface area contributed by atoms with Gasteiger partial charge in [0.1, 0.15) is 35.0 Å². The topological polar surface area (TPSA) is 81.4 Å². The second-order valence-corrected chi connectivity index (χ2v) is 5.87. The molecule has 3 heterocycles. The molecule has 0 fully saturated rings. The van der Waals surface area contributed by atoms with Gasteiger partial charge >= 0.3 is 0 Å². The first-order valence-corrected chi connectivity index (χ1v) is 8.65. The Kier molecular flexibility index (Phi) is 4.67. The minimum Gasteiger partial charge on any atom is -0.478 e. The number of carbonyl (C=O) groups excluding carboxylic acids is 1. The van der Waals surface area contributed by atoms with Gasteiger partial charge in [0.15, 0.2) is 0 Å². The summed E-state index contributed by atoms with van der Waals surface area (Å²) in [4.78, 5) is 25.3. The third-order valence-corrected chi connectivity index (χ3v) is 4.05. The van der Waals surface area contributed by atoms with Crippen molar-refractivity contribution < 1.29 is 13.9 Å². The van der Waals surface area contributed by atoms with E-state index < -0.39 is 5.91 Å². The number of pyridine rings is 1. The van der Waals surface area contributed by atoms with E-state index in [9.17, 15) is 9.18 Å². The zero-order valence-electron chi connectivity index (χ0n) is 15.0. The molecule has 28 heavy (non-hydrogen) atoms. The zero-order valence-corrected chi connectivity index (χ0v) is 15.0. The second-order valence-electron chi connectivity index (χ2n) is 5.87. The number of hydrogen-bond acceptors (Lipinski definition) is 5. The Labute approximate surface area is 159 Å². The lowest BCUT2D eigenvalue weighted by Crippen LogP contribution is -2.16. The number of anilines is 1. The molecule has 7 nitrogen and oxygen atoms in total. The van der Waals surface area contributed by atoms with Gasteiger partial charge in [-0.3, -0.25) is 9.20 Å². The molecule has 0 bridgehead atoms. The van der Waals surface area contributed by atoms with Gasteiger partial charge in [0.2, 0.25) is 5.88 Å². The molecule has 140 valence electrons. The van der Waals surface area contributed by atoms with Crippen LogP contribution in [-0.4, -0.2) is 31.9 Å². The number of benzene rings is 1. The number of ether oxygens (including phenoxy) is 1. The van der Waals surface area contributed by atoms with Crippen molar-refractivity contribution in [1.82, 2.24) is 19.4 Å². The first-order valence-electron chi connectivity index (χ1n) is 8.65. The van der Waals surface area contributed by atoms with Crippen molar-refractivity contribution in [2.45, 2.75) is 6.92 Å². The third kappa shape index (κ3) is 3.39. The normalized spacial score (nSPS) is 10.8. The highest BCUT2D eigenvalue weighted by Crippen LogP contribution is 2.29. The summed E-state index contributed by atoms with van der Waals surface area (Å²) >= 11 is 0. The summed E-state index contributed by atoms with van der Waals surface area (Å²) in [6, 6.07) is 12.9. The molecular formula is C20H16FN5O2. The van der Waals surface area contributed by atoms with Crippen LogP contribution in [0.25, 0.3) is 16.9 Å². The van der Waals surface area contributed by atoms with Gasteiger partial charge in [-0.25, -0.2) is 19.3 Å². The quantitative estimate of drug-likeness (QED) is 0.575. The molecule has 8 heteroatoms. The Hall–Kier alpha value is -3.81. The van der Waals surface area contributed by atoms with Gasteiger partial charge in [0.05, 0.1) is 6.61 Å². The van der Waals surface area contributed by atoms with Crippen LogP contribution in [0.3, 0.4) is 0 Å². The fraction of sp³-hybridized carbons (Fsp3) is 0.100. The average molecular weight is 377 g/mol. The van der Waals surface area contributed by atoms with E-state index in [4.69, 9.17) is 4.74 Å². The van der Waals surface area contributed by atoms with Crippen molar-refractivity contribution in [2.24, 2.45) is 0 Å². The Morgan fingerprint density at radius 2 is 2.00 bits per heavy atom. The average Bonchev–Trinajstić information content (AvgIpc) is 3.07. The summed E-state index contributed by atoms with van der Waals surface area (Å²) in [5.74, 6) is 0.00300. The van der Waals surface area contributed by atoms with Crippen molar-refractivity contribution in [3.05, 3.63) is 72.6 Å². The van der Waals surface area contributed by atoms with Crippen LogP contribution in [0.15, 0.2) is 61.1 Å². The van der Waals surface area contributed by atoms with Gasteiger partial charge in [-0.2, -0.15) is 0 Å². The lowest BCUT2D eigenvalue weighted by Gasteiger charge is -2.08. The molecule has 1 N–H and O–H groups in total. The Balaban J connectivity index is 1.75. The summed E-state index contributed by atoms with van der Waals surface area (Å²) in [7, 11) is 0. The lowest BCUT2D eigenvalue weighted by atomic mass is 10.1. The van der Waals surface area contributed by atoms with Crippen LogP contribution in [0.4, 0.5) is 10.2 Å². The van der Waals surface area contributed by atoms with Gasteiger partial charge in [0, 0.05) is 17.8 Å². The van der Waals surface area contributed by atoms with Crippen molar-refractivity contribution in [3.8, 4) is 17.1 Å². The Bertz CT molecular complexity index is 1140. The molecule has 0 unspecified atom stereocenters. The molecular weight excluding hydrogens is 361 g/mol. The molecule has 1 aromatic carbocycles. The number of hydrogen-bond donors (Lipinski definition) is 1. The molecule has 1 amide bonds. The van der Waals surface area contributed by atoms with Crippen LogP contribution in [0.2, 0.25) is 0 Å². The number of amides is 1. The van der Waals surface area contributed by atoms with Gasteiger partial charge in [-0.05, 0) is 43.3 Å². The molecule has 4 aromatic rings. The van der Waals surface area contributed by atoms with Gasteiger partial charge in [-0.15, -0.1) is 0 Å². The summed E-state index contributed by atoms with van der Waals surface area (Å²) in [6.45, 7) is 2.26. The smallest absolute Gasteiger partial charge is 0.275 e. The highest BCUT2D eigenvalue weighted by Gasteiger charge is 2.18. The molecule has 0 saturated heterocycles. The molecule has 0 atom stereocenters. The summed E-state index contributed by atoms with van der Waals surface area (Å²) in [6.07, 6.45) is 3.06. The Morgan fingerprint density at radius 1 is 1.18 bits per heavy atom. The molecule has 0 saturated carbocycles. The van der Waals surface area contributed by atoms with Crippen molar-refractivity contribution in [3.63, 3.8) is 0 Å². The van der Waals surface area contributed by atoms with Crippen LogP contribution in [0.5, 0.6) is 5.88 Å². The van der Waals surface area contributed by atoms with E-state index in [-0.39, 0.29) is 11.5 Å². The summed E-state index contributed by atoms with van der Waals surface area (Å²) < 4.78 is 20.4. The molecule has 0 spiro atoms. The lowest BCUT2D eigenvalue weighted by molar-refractivity contribution is 0.102. The first kappa shape index (κ1) is 17.6. The van der Waals surface area contributed by atoms with E-state index in [1.807, 2.05) is 25.1 Å². The van der Waals surface area contributed by atoms with Crippen LogP contribution in [-0.2, 0) is 0 Å². The first-order chi connectivity index (χ1) is 13.7. The minimum absolute atomic E-state index is 0.161. The predicted octanol–water partition coefficient (Wildman–Crippen LogP) is 3.58. The van der Waals surface area contributed by atoms with Crippen LogP contribution in [0, 0.1) is 5.82 Å². The van der Waals surface area contributed by atoms with E-state index >= 15 is 0 Å². The number of aromatic nitrogens is 4. The molecule has 0 radical (unpaired) electrons. The van der Waals surface area contributed by atoms with E-state index in [2.05, 4.69) is 20.3 Å². The predicted molar refractivity (Wildman–Crippen MR) is 102 cm³/mol. The maximum Gasteiger partial charge on any atom is 0.275 e. The van der Waals surface area contributed by atoms with Crippen LogP contribution >= 0.6 is 0 Å². The zero-order chi connectivity index (χ0) is 19.5. The van der Waals surface area contributed by atoms with Gasteiger partial charge in [-0.1, -0.05) is 6.07 Å². The van der Waals surface area contributed by atoms with E-state index in [1.54, 1.807) is 22.7 Å². The van der Waals surface area contributed by atoms with Crippen molar-refractivity contribution >= 4 is 17.4 Å². The largest absolute Gasteiger partial charge is 0.478 e. The maximum absolute atomic E-state index is 13.3. The Morgan fingerprint density at radius 3 is 2.79 bits per heavy atom.